The highest BCUT2D eigenvalue weighted by Crippen LogP contribution is 2.39. The number of hydrogen-bond acceptors (Lipinski definition) is 6. The fourth-order valence-corrected chi connectivity index (χ4v) is 6.40. The molecule has 0 aromatic heterocycles. The largest absolute Gasteiger partial charge is 0.462 e. The van der Waals surface area contributed by atoms with Crippen molar-refractivity contribution >= 4 is 11.9 Å². The maximum Gasteiger partial charge on any atom is 0.335 e. The molecule has 2 N–H and O–H groups in total. The molecule has 0 amide bonds. The molecule has 4 rings (SSSR count). The molecule has 0 bridgehead atoms. The van der Waals surface area contributed by atoms with Gasteiger partial charge in [-0.15, -0.1) is 0 Å². The number of hydrogen-bond donors (Lipinski definition) is 2. The Kier molecular flexibility index (Phi) is 14.1. The molecular weight excluding hydrogens is 607 g/mol. The molecule has 1 aliphatic rings. The quantitative estimate of drug-likeness (QED) is 0.0863. The average Bonchev–Trinajstić information content (AvgIpc) is 3.11. The van der Waals surface area contributed by atoms with Crippen LogP contribution in [0.3, 0.4) is 0 Å². The van der Waals surface area contributed by atoms with Crippen LogP contribution in [-0.2, 0) is 31.9 Å². The summed E-state index contributed by atoms with van der Waals surface area (Å²) in [5.74, 6) is -0.255. The van der Waals surface area contributed by atoms with Crippen molar-refractivity contribution in [2.45, 2.75) is 77.0 Å². The fraction of sp³-hybridized carbons (Fsp3) is 0.415. The Morgan fingerprint density at radius 1 is 0.750 bits per heavy atom. The van der Waals surface area contributed by atoms with E-state index in [0.717, 1.165) is 52.1 Å². The van der Waals surface area contributed by atoms with Gasteiger partial charge < -0.3 is 19.7 Å². The Labute approximate surface area is 284 Å². The smallest absolute Gasteiger partial charge is 0.335 e. The first-order chi connectivity index (χ1) is 23.2. The molecule has 1 fully saturated rings. The highest BCUT2D eigenvalue weighted by Gasteiger charge is 2.23. The fourth-order valence-electron chi connectivity index (χ4n) is 6.40. The molecule has 48 heavy (non-hydrogen) atoms. The molecule has 0 saturated heterocycles. The van der Waals surface area contributed by atoms with Crippen LogP contribution in [0.15, 0.2) is 85.0 Å². The summed E-state index contributed by atoms with van der Waals surface area (Å²) in [6, 6.07) is 19.5. The summed E-state index contributed by atoms with van der Waals surface area (Å²) in [4.78, 5) is 23.9. The minimum absolute atomic E-state index is 0.0119. The summed E-state index contributed by atoms with van der Waals surface area (Å²) in [7, 11) is 0. The van der Waals surface area contributed by atoms with Crippen LogP contribution in [-0.4, -0.2) is 48.6 Å². The van der Waals surface area contributed by atoms with Crippen LogP contribution >= 0.6 is 0 Å². The van der Waals surface area contributed by atoms with Crippen molar-refractivity contribution in [1.29, 1.82) is 0 Å². The summed E-state index contributed by atoms with van der Waals surface area (Å²) < 4.78 is 26.0. The van der Waals surface area contributed by atoms with Crippen LogP contribution in [0, 0.1) is 11.7 Å². The zero-order chi connectivity index (χ0) is 34.5. The molecule has 0 aliphatic heterocycles. The average molecular weight is 657 g/mol. The second kappa shape index (κ2) is 18.5. The van der Waals surface area contributed by atoms with Crippen molar-refractivity contribution in [2.75, 3.05) is 26.4 Å². The third kappa shape index (κ3) is 10.5. The first-order valence-electron chi connectivity index (χ1n) is 17.2. The summed E-state index contributed by atoms with van der Waals surface area (Å²) >= 11 is 0. The van der Waals surface area contributed by atoms with E-state index >= 15 is 4.39 Å². The SMILES string of the molecule is C=C(CO)C(=O)OCCc1cc(CCOC(=O)C(=C)CO)cc(-c2ccc(-c3ccc(C4CCC(CCCCC)CC4)cc3F)cc2)c1. The number of aliphatic hydroxyl groups excluding tert-OH is 2. The minimum Gasteiger partial charge on any atom is -0.462 e. The van der Waals surface area contributed by atoms with Gasteiger partial charge in [0.2, 0.25) is 0 Å². The van der Waals surface area contributed by atoms with Gasteiger partial charge >= 0.3 is 11.9 Å². The molecule has 0 atom stereocenters. The molecular formula is C41H49FO6. The van der Waals surface area contributed by atoms with E-state index in [1.54, 1.807) is 6.07 Å². The third-order valence-corrected chi connectivity index (χ3v) is 9.32. The maximum atomic E-state index is 15.5. The van der Waals surface area contributed by atoms with Crippen LogP contribution in [0.4, 0.5) is 4.39 Å². The summed E-state index contributed by atoms with van der Waals surface area (Å²) in [6.45, 7) is 8.49. The van der Waals surface area contributed by atoms with E-state index in [-0.39, 0.29) is 30.2 Å². The predicted molar refractivity (Wildman–Crippen MR) is 188 cm³/mol. The molecule has 7 heteroatoms. The number of carbonyl (C=O) groups excluding carboxylic acids is 2. The first-order valence-corrected chi connectivity index (χ1v) is 17.2. The second-order valence-electron chi connectivity index (χ2n) is 12.9. The number of carbonyl (C=O) groups is 2. The lowest BCUT2D eigenvalue weighted by Gasteiger charge is -2.29. The molecule has 3 aromatic carbocycles. The summed E-state index contributed by atoms with van der Waals surface area (Å²) in [6.07, 6.45) is 10.8. The van der Waals surface area contributed by atoms with E-state index in [2.05, 4.69) is 26.1 Å². The van der Waals surface area contributed by atoms with E-state index in [1.807, 2.05) is 48.5 Å². The number of ether oxygens (including phenoxy) is 2. The first kappa shape index (κ1) is 36.8. The van der Waals surface area contributed by atoms with Gasteiger partial charge in [-0.1, -0.05) is 100 Å². The van der Waals surface area contributed by atoms with Crippen molar-refractivity contribution in [2.24, 2.45) is 5.92 Å². The highest BCUT2D eigenvalue weighted by atomic mass is 19.1. The summed E-state index contributed by atoms with van der Waals surface area (Å²) in [5, 5.41) is 18.3. The lowest BCUT2D eigenvalue weighted by molar-refractivity contribution is -0.140. The predicted octanol–water partition coefficient (Wildman–Crippen LogP) is 8.28. The molecule has 3 aromatic rings. The number of benzene rings is 3. The Hall–Kier alpha value is -4.07. The monoisotopic (exact) mass is 656 g/mol. The normalized spacial score (nSPS) is 15.9. The van der Waals surface area contributed by atoms with Crippen molar-refractivity contribution < 1.29 is 33.7 Å². The Bertz CT molecular complexity index is 1500. The molecule has 6 nitrogen and oxygen atoms in total. The Morgan fingerprint density at radius 2 is 1.31 bits per heavy atom. The molecule has 0 spiro atoms. The van der Waals surface area contributed by atoms with Crippen LogP contribution in [0.25, 0.3) is 22.3 Å². The van der Waals surface area contributed by atoms with Gasteiger partial charge in [-0.25, -0.2) is 14.0 Å². The number of unbranched alkanes of at least 4 members (excludes halogenated alkanes) is 2. The zero-order valence-corrected chi connectivity index (χ0v) is 28.1. The lowest BCUT2D eigenvalue weighted by atomic mass is 9.77. The lowest BCUT2D eigenvalue weighted by Crippen LogP contribution is -2.13. The van der Waals surface area contributed by atoms with E-state index in [4.69, 9.17) is 19.7 Å². The summed E-state index contributed by atoms with van der Waals surface area (Å²) in [5.41, 5.74) is 6.08. The van der Waals surface area contributed by atoms with Crippen LogP contribution in [0.1, 0.15) is 80.9 Å². The third-order valence-electron chi connectivity index (χ3n) is 9.32. The molecule has 1 aliphatic carbocycles. The number of esters is 2. The van der Waals surface area contributed by atoms with Gasteiger partial charge in [0.05, 0.1) is 37.6 Å². The molecule has 0 heterocycles. The molecule has 0 radical (unpaired) electrons. The van der Waals surface area contributed by atoms with Gasteiger partial charge in [-0.2, -0.15) is 0 Å². The number of rotatable bonds is 17. The van der Waals surface area contributed by atoms with Crippen LogP contribution < -0.4 is 0 Å². The second-order valence-corrected chi connectivity index (χ2v) is 12.9. The van der Waals surface area contributed by atoms with Crippen LogP contribution in [0.5, 0.6) is 0 Å². The van der Waals surface area contributed by atoms with Gasteiger partial charge in [0.25, 0.3) is 0 Å². The maximum absolute atomic E-state index is 15.5. The Balaban J connectivity index is 1.46. The number of halogens is 1. The van der Waals surface area contributed by atoms with E-state index in [0.29, 0.717) is 24.3 Å². The molecule has 0 unspecified atom stereocenters. The zero-order valence-electron chi connectivity index (χ0n) is 28.1. The number of aliphatic hydroxyl groups is 2. The molecule has 256 valence electrons. The van der Waals surface area contributed by atoms with Gasteiger partial charge in [0.1, 0.15) is 5.82 Å². The van der Waals surface area contributed by atoms with Crippen molar-refractivity contribution in [3.63, 3.8) is 0 Å². The van der Waals surface area contributed by atoms with Gasteiger partial charge in [-0.05, 0) is 77.0 Å². The van der Waals surface area contributed by atoms with E-state index in [9.17, 15) is 9.59 Å². The molecule has 1 saturated carbocycles. The van der Waals surface area contributed by atoms with Crippen LogP contribution in [0.2, 0.25) is 0 Å². The standard InChI is InChI=1S/C41H49FO6/c1-4-5-6-7-30-8-10-33(11-9-30)36-16-17-38(39(42)25-36)35-14-12-34(13-15-35)37-23-31(18-20-47-40(45)28(2)26-43)22-32(24-37)19-21-48-41(46)29(3)27-44/h12-17,22-25,30,33,43-44H,2-11,18-21,26-27H2,1H3. The van der Waals surface area contributed by atoms with Gasteiger partial charge in [-0.3, -0.25) is 0 Å². The highest BCUT2D eigenvalue weighted by molar-refractivity contribution is 5.88. The van der Waals surface area contributed by atoms with Crippen molar-refractivity contribution in [3.8, 4) is 22.3 Å². The van der Waals surface area contributed by atoms with Gasteiger partial charge in [0, 0.05) is 18.4 Å². The van der Waals surface area contributed by atoms with Crippen molar-refractivity contribution in [3.05, 3.63) is 107 Å². The topological polar surface area (TPSA) is 93.1 Å². The van der Waals surface area contributed by atoms with Crippen molar-refractivity contribution in [1.82, 2.24) is 0 Å². The van der Waals surface area contributed by atoms with E-state index in [1.165, 1.54) is 38.5 Å². The Morgan fingerprint density at radius 3 is 1.83 bits per heavy atom. The minimum atomic E-state index is -0.647. The van der Waals surface area contributed by atoms with Gasteiger partial charge in [0.15, 0.2) is 0 Å². The van der Waals surface area contributed by atoms with E-state index < -0.39 is 25.2 Å².